The molecule has 3 nitrogen and oxygen atoms in total. The summed E-state index contributed by atoms with van der Waals surface area (Å²) in [5, 5.41) is 0. The Labute approximate surface area is 64.9 Å². The van der Waals surface area contributed by atoms with E-state index < -0.39 is 0 Å². The molecule has 0 spiro atoms. The van der Waals surface area contributed by atoms with Crippen molar-refractivity contribution >= 4 is 5.82 Å². The molecule has 11 heavy (non-hydrogen) atoms. The first-order valence-corrected chi connectivity index (χ1v) is 3.70. The molecule has 2 rings (SSSR count). The molecule has 1 aliphatic rings. The van der Waals surface area contributed by atoms with Crippen molar-refractivity contribution in [1.29, 1.82) is 0 Å². The summed E-state index contributed by atoms with van der Waals surface area (Å²) >= 11 is 0. The maximum atomic E-state index is 11.2. The molecule has 0 amide bonds. The molecule has 0 saturated heterocycles. The third kappa shape index (κ3) is 0.843. The van der Waals surface area contributed by atoms with Crippen LogP contribution in [0.2, 0.25) is 0 Å². The van der Waals surface area contributed by atoms with E-state index in [4.69, 9.17) is 0 Å². The van der Waals surface area contributed by atoms with Crippen molar-refractivity contribution in [1.82, 2.24) is 4.57 Å². The number of hydrogen-bond acceptors (Lipinski definition) is 2. The van der Waals surface area contributed by atoms with Gasteiger partial charge >= 0.3 is 0 Å². The van der Waals surface area contributed by atoms with Gasteiger partial charge in [0.15, 0.2) is 0 Å². The van der Waals surface area contributed by atoms with Gasteiger partial charge in [0, 0.05) is 26.2 Å². The van der Waals surface area contributed by atoms with Gasteiger partial charge in [0.05, 0.1) is 0 Å². The Morgan fingerprint density at radius 2 is 2.18 bits per heavy atom. The molecule has 1 aromatic heterocycles. The van der Waals surface area contributed by atoms with Gasteiger partial charge in [0.25, 0.3) is 5.56 Å². The standard InChI is InChI=1S/C8H10N2O/c1-9-5-6-10-7(9)3-2-4-8(10)11/h2-4H,5-6H2,1H3. The highest BCUT2D eigenvalue weighted by Crippen LogP contribution is 2.14. The van der Waals surface area contributed by atoms with Gasteiger partial charge in [-0.05, 0) is 6.07 Å². The molecule has 3 heteroatoms. The maximum absolute atomic E-state index is 11.2. The molecule has 0 saturated carbocycles. The zero-order valence-corrected chi connectivity index (χ0v) is 6.45. The zero-order valence-electron chi connectivity index (χ0n) is 6.45. The Kier molecular flexibility index (Phi) is 1.24. The summed E-state index contributed by atoms with van der Waals surface area (Å²) in [6.45, 7) is 1.77. The van der Waals surface area contributed by atoms with Crippen LogP contribution in [0.3, 0.4) is 0 Å². The van der Waals surface area contributed by atoms with Crippen LogP contribution in [0.15, 0.2) is 23.0 Å². The van der Waals surface area contributed by atoms with Gasteiger partial charge in [0.2, 0.25) is 0 Å². The molecule has 0 N–H and O–H groups in total. The highest BCUT2D eigenvalue weighted by atomic mass is 16.1. The monoisotopic (exact) mass is 150 g/mol. The quantitative estimate of drug-likeness (QED) is 0.531. The van der Waals surface area contributed by atoms with E-state index in [1.54, 1.807) is 16.7 Å². The summed E-state index contributed by atoms with van der Waals surface area (Å²) in [5.74, 6) is 1.03. The van der Waals surface area contributed by atoms with E-state index in [0.717, 1.165) is 18.9 Å². The lowest BCUT2D eigenvalue weighted by molar-refractivity contribution is 0.764. The van der Waals surface area contributed by atoms with Crippen molar-refractivity contribution in [2.75, 3.05) is 18.5 Å². The highest BCUT2D eigenvalue weighted by molar-refractivity contribution is 5.41. The van der Waals surface area contributed by atoms with Crippen LogP contribution in [-0.4, -0.2) is 18.2 Å². The summed E-state index contributed by atoms with van der Waals surface area (Å²) in [6.07, 6.45) is 0. The third-order valence-electron chi connectivity index (χ3n) is 2.08. The molecule has 0 aromatic carbocycles. The predicted octanol–water partition coefficient (Wildman–Crippen LogP) is 0.298. The first-order valence-electron chi connectivity index (χ1n) is 3.70. The van der Waals surface area contributed by atoms with Crippen LogP contribution in [0.1, 0.15) is 0 Å². The van der Waals surface area contributed by atoms with Gasteiger partial charge in [-0.15, -0.1) is 0 Å². The number of fused-ring (bicyclic) bond motifs is 1. The Morgan fingerprint density at radius 1 is 1.36 bits per heavy atom. The van der Waals surface area contributed by atoms with Crippen LogP contribution in [0.25, 0.3) is 0 Å². The summed E-state index contributed by atoms with van der Waals surface area (Å²) in [7, 11) is 2.00. The number of hydrogen-bond donors (Lipinski definition) is 0. The number of aromatic nitrogens is 1. The van der Waals surface area contributed by atoms with Crippen LogP contribution in [0.5, 0.6) is 0 Å². The molecular weight excluding hydrogens is 140 g/mol. The molecule has 0 atom stereocenters. The van der Waals surface area contributed by atoms with Gasteiger partial charge in [0.1, 0.15) is 5.82 Å². The average Bonchev–Trinajstić information content (AvgIpc) is 2.35. The van der Waals surface area contributed by atoms with Gasteiger partial charge in [-0.25, -0.2) is 0 Å². The number of nitrogens with zero attached hydrogens (tertiary/aromatic N) is 2. The van der Waals surface area contributed by atoms with Crippen LogP contribution in [0, 0.1) is 0 Å². The Bertz CT molecular complexity index is 329. The normalized spacial score (nSPS) is 15.2. The number of anilines is 1. The van der Waals surface area contributed by atoms with Crippen molar-refractivity contribution in [2.45, 2.75) is 6.54 Å². The lowest BCUT2D eigenvalue weighted by Gasteiger charge is -2.09. The Balaban J connectivity index is 2.66. The molecule has 2 heterocycles. The fourth-order valence-corrected chi connectivity index (χ4v) is 1.43. The molecule has 0 aliphatic carbocycles. The minimum absolute atomic E-state index is 0.104. The predicted molar refractivity (Wildman–Crippen MR) is 44.0 cm³/mol. The second kappa shape index (κ2) is 2.12. The van der Waals surface area contributed by atoms with Crippen LogP contribution in [0.4, 0.5) is 5.82 Å². The maximum Gasteiger partial charge on any atom is 0.252 e. The van der Waals surface area contributed by atoms with Crippen molar-refractivity contribution in [3.63, 3.8) is 0 Å². The smallest absolute Gasteiger partial charge is 0.252 e. The lowest BCUT2D eigenvalue weighted by atomic mass is 10.4. The topological polar surface area (TPSA) is 25.2 Å². The van der Waals surface area contributed by atoms with Crippen molar-refractivity contribution < 1.29 is 0 Å². The SMILES string of the molecule is CN1CCn2c1cccc2=O. The summed E-state index contributed by atoms with van der Waals surface area (Å²) < 4.78 is 1.79. The van der Waals surface area contributed by atoms with Crippen molar-refractivity contribution in [3.05, 3.63) is 28.6 Å². The van der Waals surface area contributed by atoms with Crippen LogP contribution in [-0.2, 0) is 6.54 Å². The van der Waals surface area contributed by atoms with Gasteiger partial charge < -0.3 is 4.90 Å². The highest BCUT2D eigenvalue weighted by Gasteiger charge is 2.14. The van der Waals surface area contributed by atoms with Gasteiger partial charge in [-0.2, -0.15) is 0 Å². The van der Waals surface area contributed by atoms with Gasteiger partial charge in [-0.1, -0.05) is 6.07 Å². The molecule has 0 fully saturated rings. The average molecular weight is 150 g/mol. The molecule has 1 aromatic rings. The van der Waals surface area contributed by atoms with E-state index in [-0.39, 0.29) is 5.56 Å². The first kappa shape index (κ1) is 6.46. The molecule has 58 valence electrons. The molecule has 0 unspecified atom stereocenters. The lowest BCUT2D eigenvalue weighted by Crippen LogP contribution is -2.16. The summed E-state index contributed by atoms with van der Waals surface area (Å²) in [5.41, 5.74) is 0.104. The van der Waals surface area contributed by atoms with E-state index in [2.05, 4.69) is 4.90 Å². The van der Waals surface area contributed by atoms with E-state index in [0.29, 0.717) is 0 Å². The zero-order chi connectivity index (χ0) is 7.84. The molecular formula is C8H10N2O. The van der Waals surface area contributed by atoms with Crippen LogP contribution >= 0.6 is 0 Å². The van der Waals surface area contributed by atoms with Crippen molar-refractivity contribution in [2.24, 2.45) is 0 Å². The minimum Gasteiger partial charge on any atom is -0.359 e. The van der Waals surface area contributed by atoms with E-state index in [9.17, 15) is 4.79 Å². The fourth-order valence-electron chi connectivity index (χ4n) is 1.43. The number of rotatable bonds is 0. The number of likely N-dealkylation sites (N-methyl/N-ethyl adjacent to an activating group) is 1. The largest absolute Gasteiger partial charge is 0.359 e. The van der Waals surface area contributed by atoms with Crippen molar-refractivity contribution in [3.8, 4) is 0 Å². The van der Waals surface area contributed by atoms with Gasteiger partial charge in [-0.3, -0.25) is 9.36 Å². The van der Waals surface area contributed by atoms with Crippen LogP contribution < -0.4 is 10.5 Å². The second-order valence-electron chi connectivity index (χ2n) is 2.80. The second-order valence-corrected chi connectivity index (χ2v) is 2.80. The minimum atomic E-state index is 0.104. The fraction of sp³-hybridized carbons (Fsp3) is 0.375. The summed E-state index contributed by atoms with van der Waals surface area (Å²) in [4.78, 5) is 13.3. The summed E-state index contributed by atoms with van der Waals surface area (Å²) in [6, 6.07) is 5.37. The molecule has 0 radical (unpaired) electrons. The van der Waals surface area contributed by atoms with E-state index >= 15 is 0 Å². The molecule has 0 bridgehead atoms. The van der Waals surface area contributed by atoms with E-state index in [1.807, 2.05) is 13.1 Å². The third-order valence-corrected chi connectivity index (χ3v) is 2.08. The van der Waals surface area contributed by atoms with E-state index in [1.165, 1.54) is 0 Å². The number of pyridine rings is 1. The Morgan fingerprint density at radius 3 is 2.91 bits per heavy atom. The molecule has 1 aliphatic heterocycles. The Hall–Kier alpha value is -1.25. The first-order chi connectivity index (χ1) is 5.29.